The Bertz CT molecular complexity index is 372. The van der Waals surface area contributed by atoms with Gasteiger partial charge in [-0.1, -0.05) is 64.0 Å². The monoisotopic (exact) mass is 532 g/mol. The molecule has 0 fully saturated rings. The van der Waals surface area contributed by atoms with Crippen molar-refractivity contribution < 1.29 is 4.74 Å². The summed E-state index contributed by atoms with van der Waals surface area (Å²) in [6.07, 6.45) is 9.03. The van der Waals surface area contributed by atoms with Crippen LogP contribution in [-0.2, 0) is 0 Å². The van der Waals surface area contributed by atoms with Gasteiger partial charge in [-0.25, -0.2) is 0 Å². The number of halogens is 4. The second-order valence-electron chi connectivity index (χ2n) is 4.71. The van der Waals surface area contributed by atoms with Crippen molar-refractivity contribution in [3.05, 3.63) is 25.6 Å². The van der Waals surface area contributed by atoms with Crippen molar-refractivity contribution in [3.8, 4) is 5.75 Å². The average Bonchev–Trinajstić information content (AvgIpc) is 2.39. The third kappa shape index (κ3) is 7.81. The minimum Gasteiger partial charge on any atom is -0.491 e. The molecule has 0 saturated carbocycles. The van der Waals surface area contributed by atoms with Gasteiger partial charge < -0.3 is 4.74 Å². The first-order chi connectivity index (χ1) is 9.65. The molecule has 0 amide bonds. The third-order valence-corrected chi connectivity index (χ3v) is 5.18. The minimum atomic E-state index is 0.778. The molecule has 0 aliphatic carbocycles. The molecular weight excluding hydrogens is 516 g/mol. The molecule has 20 heavy (non-hydrogen) atoms. The van der Waals surface area contributed by atoms with E-state index in [1.54, 1.807) is 0 Å². The number of hydrogen-bond donors (Lipinski definition) is 0. The quantitative estimate of drug-likeness (QED) is 0.223. The van der Waals surface area contributed by atoms with Gasteiger partial charge in [0, 0.05) is 9.80 Å². The molecule has 114 valence electrons. The zero-order valence-corrected chi connectivity index (χ0v) is 17.8. The zero-order chi connectivity index (χ0) is 14.8. The highest BCUT2D eigenvalue weighted by atomic mass is 79.9. The fraction of sp³-hybridized carbons (Fsp3) is 0.600. The highest BCUT2D eigenvalue weighted by Crippen LogP contribution is 2.36. The van der Waals surface area contributed by atoms with E-state index >= 15 is 0 Å². The molecule has 0 aliphatic heterocycles. The second-order valence-corrected chi connectivity index (χ2v) is 8.13. The molecule has 0 N–H and O–H groups in total. The third-order valence-electron chi connectivity index (χ3n) is 2.99. The summed E-state index contributed by atoms with van der Waals surface area (Å²) in [5.41, 5.74) is 0. The van der Waals surface area contributed by atoms with Gasteiger partial charge in [-0.05, 0) is 56.8 Å². The fourth-order valence-electron chi connectivity index (χ4n) is 1.92. The lowest BCUT2D eigenvalue weighted by Crippen LogP contribution is -1.99. The Balaban J connectivity index is 2.13. The summed E-state index contributed by atoms with van der Waals surface area (Å²) in [5.74, 6) is 0.894. The zero-order valence-electron chi connectivity index (χ0n) is 11.4. The van der Waals surface area contributed by atoms with Crippen LogP contribution in [-0.4, -0.2) is 11.9 Å². The van der Waals surface area contributed by atoms with Gasteiger partial charge in [0.05, 0.1) is 15.6 Å². The highest BCUT2D eigenvalue weighted by Gasteiger charge is 2.07. The van der Waals surface area contributed by atoms with E-state index in [0.717, 1.165) is 37.5 Å². The van der Waals surface area contributed by atoms with E-state index in [1.807, 2.05) is 12.1 Å². The van der Waals surface area contributed by atoms with E-state index in [-0.39, 0.29) is 0 Å². The SMILES string of the molecule is BrCCCCCCCCCOc1c(Br)cc(Br)cc1Br. The van der Waals surface area contributed by atoms with E-state index in [4.69, 9.17) is 4.74 Å². The van der Waals surface area contributed by atoms with Gasteiger partial charge in [-0.3, -0.25) is 0 Å². The van der Waals surface area contributed by atoms with Crippen LogP contribution in [0.5, 0.6) is 5.75 Å². The number of rotatable bonds is 10. The van der Waals surface area contributed by atoms with Crippen LogP contribution in [0.25, 0.3) is 0 Å². The Hall–Kier alpha value is 0.940. The maximum absolute atomic E-state index is 5.85. The molecule has 0 heterocycles. The van der Waals surface area contributed by atoms with Crippen LogP contribution >= 0.6 is 63.7 Å². The first-order valence-electron chi connectivity index (χ1n) is 6.98. The van der Waals surface area contributed by atoms with Gasteiger partial charge in [0.1, 0.15) is 5.75 Å². The molecule has 0 spiro atoms. The molecule has 1 nitrogen and oxygen atoms in total. The van der Waals surface area contributed by atoms with Gasteiger partial charge in [0.2, 0.25) is 0 Å². The molecule has 0 aromatic heterocycles. The van der Waals surface area contributed by atoms with Gasteiger partial charge in [-0.2, -0.15) is 0 Å². The lowest BCUT2D eigenvalue weighted by molar-refractivity contribution is 0.300. The van der Waals surface area contributed by atoms with Crippen LogP contribution in [0.2, 0.25) is 0 Å². The van der Waals surface area contributed by atoms with Crippen molar-refractivity contribution in [2.45, 2.75) is 44.9 Å². The van der Waals surface area contributed by atoms with Gasteiger partial charge in [0.15, 0.2) is 0 Å². The van der Waals surface area contributed by atoms with Gasteiger partial charge in [0.25, 0.3) is 0 Å². The van der Waals surface area contributed by atoms with Gasteiger partial charge in [-0.15, -0.1) is 0 Å². The van der Waals surface area contributed by atoms with Crippen LogP contribution in [0.3, 0.4) is 0 Å². The molecule has 1 aromatic rings. The van der Waals surface area contributed by atoms with Crippen LogP contribution in [0.4, 0.5) is 0 Å². The van der Waals surface area contributed by atoms with E-state index in [1.165, 1.54) is 38.5 Å². The Morgan fingerprint density at radius 3 is 1.80 bits per heavy atom. The van der Waals surface area contributed by atoms with E-state index in [9.17, 15) is 0 Å². The predicted molar refractivity (Wildman–Crippen MR) is 101 cm³/mol. The smallest absolute Gasteiger partial charge is 0.147 e. The van der Waals surface area contributed by atoms with Crippen molar-refractivity contribution in [1.82, 2.24) is 0 Å². The molecule has 0 saturated heterocycles. The van der Waals surface area contributed by atoms with E-state index < -0.39 is 0 Å². The molecular formula is C15H20Br4O. The maximum atomic E-state index is 5.85. The predicted octanol–water partition coefficient (Wildman–Crippen LogP) is 7.48. The minimum absolute atomic E-state index is 0.778. The first-order valence-corrected chi connectivity index (χ1v) is 10.5. The summed E-state index contributed by atoms with van der Waals surface area (Å²) in [4.78, 5) is 0. The molecule has 1 rings (SSSR count). The van der Waals surface area contributed by atoms with E-state index in [2.05, 4.69) is 63.7 Å². The normalized spacial score (nSPS) is 10.8. The van der Waals surface area contributed by atoms with Crippen molar-refractivity contribution in [2.75, 3.05) is 11.9 Å². The number of hydrogen-bond acceptors (Lipinski definition) is 1. The van der Waals surface area contributed by atoms with Crippen LogP contribution < -0.4 is 4.74 Å². The molecule has 0 unspecified atom stereocenters. The summed E-state index contributed by atoms with van der Waals surface area (Å²) in [6.45, 7) is 0.778. The molecule has 1 aromatic carbocycles. The Kier molecular flexibility index (Phi) is 10.9. The summed E-state index contributed by atoms with van der Waals surface area (Å²) >= 11 is 14.0. The van der Waals surface area contributed by atoms with E-state index in [0.29, 0.717) is 0 Å². The largest absolute Gasteiger partial charge is 0.491 e. The Morgan fingerprint density at radius 2 is 1.25 bits per heavy atom. The first kappa shape index (κ1) is 19.0. The van der Waals surface area contributed by atoms with Crippen molar-refractivity contribution in [2.24, 2.45) is 0 Å². The number of ether oxygens (including phenoxy) is 1. The highest BCUT2D eigenvalue weighted by molar-refractivity contribution is 9.11. The average molecular weight is 536 g/mol. The molecule has 0 bridgehead atoms. The number of unbranched alkanes of at least 4 members (excludes halogenated alkanes) is 6. The topological polar surface area (TPSA) is 9.23 Å². The van der Waals surface area contributed by atoms with Crippen molar-refractivity contribution >= 4 is 63.7 Å². The number of alkyl halides is 1. The Morgan fingerprint density at radius 1 is 0.750 bits per heavy atom. The molecule has 0 radical (unpaired) electrons. The fourth-order valence-corrected chi connectivity index (χ4v) is 4.81. The van der Waals surface area contributed by atoms with Crippen molar-refractivity contribution in [3.63, 3.8) is 0 Å². The van der Waals surface area contributed by atoms with Crippen molar-refractivity contribution in [1.29, 1.82) is 0 Å². The molecule has 0 aliphatic rings. The molecule has 5 heteroatoms. The second kappa shape index (κ2) is 11.5. The number of benzene rings is 1. The lowest BCUT2D eigenvalue weighted by atomic mass is 10.1. The van der Waals surface area contributed by atoms with Gasteiger partial charge >= 0.3 is 0 Å². The summed E-state index contributed by atoms with van der Waals surface area (Å²) in [7, 11) is 0. The standard InChI is InChI=1S/C15H20Br4O/c16-8-6-4-2-1-3-5-7-9-20-15-13(18)10-12(17)11-14(15)19/h10-11H,1-9H2. The maximum Gasteiger partial charge on any atom is 0.147 e. The Labute approximate surface area is 155 Å². The van der Waals surface area contributed by atoms with Crippen LogP contribution in [0.1, 0.15) is 44.9 Å². The molecule has 0 atom stereocenters. The summed E-state index contributed by atoms with van der Waals surface area (Å²) in [5, 5.41) is 1.14. The van der Waals surface area contributed by atoms with Crippen LogP contribution in [0, 0.1) is 0 Å². The summed E-state index contributed by atoms with van der Waals surface area (Å²) < 4.78 is 8.84. The van der Waals surface area contributed by atoms with Crippen LogP contribution in [0.15, 0.2) is 25.6 Å². The lowest BCUT2D eigenvalue weighted by Gasteiger charge is -2.10. The summed E-state index contributed by atoms with van der Waals surface area (Å²) in [6, 6.07) is 4.01.